The molecule has 1 aliphatic heterocycles. The molecule has 0 bridgehead atoms. The number of hydrogen-bond donors (Lipinski definition) is 0. The standard InChI is InChI=1S/C26H38O5Si/c1-7-8-9-10-18-15-21-23(22(16-18)31-32(5,6)25(2,3)4)20-17-26(28-13-14-29-26)12-11-19(20)24(27)30-21/h15-16H,7-14,17H2,1-6H3. The minimum Gasteiger partial charge on any atom is -0.543 e. The van der Waals surface area contributed by atoms with Gasteiger partial charge in [-0.05, 0) is 60.7 Å². The molecule has 5 nitrogen and oxygen atoms in total. The lowest BCUT2D eigenvalue weighted by Gasteiger charge is -2.37. The van der Waals surface area contributed by atoms with Crippen molar-refractivity contribution in [2.45, 2.75) is 96.6 Å². The number of hydrogen-bond acceptors (Lipinski definition) is 5. The number of fused-ring (bicyclic) bond motifs is 3. The minimum atomic E-state index is -2.11. The van der Waals surface area contributed by atoms with Crippen molar-refractivity contribution in [1.82, 2.24) is 0 Å². The molecule has 1 aromatic heterocycles. The molecule has 2 aliphatic rings. The van der Waals surface area contributed by atoms with Crippen molar-refractivity contribution in [3.63, 3.8) is 0 Å². The summed E-state index contributed by atoms with van der Waals surface area (Å²) < 4.78 is 24.8. The zero-order chi connectivity index (χ0) is 23.1. The van der Waals surface area contributed by atoms with Crippen LogP contribution in [0.1, 0.15) is 70.1 Å². The Morgan fingerprint density at radius 2 is 1.81 bits per heavy atom. The van der Waals surface area contributed by atoms with E-state index in [-0.39, 0.29) is 10.7 Å². The molecule has 1 spiro atoms. The Labute approximate surface area is 192 Å². The summed E-state index contributed by atoms with van der Waals surface area (Å²) >= 11 is 0. The van der Waals surface area contributed by atoms with Gasteiger partial charge in [0.05, 0.1) is 18.6 Å². The van der Waals surface area contributed by atoms with Gasteiger partial charge in [0.2, 0.25) is 0 Å². The third kappa shape index (κ3) is 4.42. The first-order valence-electron chi connectivity index (χ1n) is 12.1. The van der Waals surface area contributed by atoms with Crippen molar-refractivity contribution in [2.75, 3.05) is 13.2 Å². The normalized spacial score (nSPS) is 18.3. The van der Waals surface area contributed by atoms with Gasteiger partial charge in [0, 0.05) is 18.4 Å². The van der Waals surface area contributed by atoms with Crippen LogP contribution in [0.25, 0.3) is 11.0 Å². The zero-order valence-corrected chi connectivity index (χ0v) is 21.6. The summed E-state index contributed by atoms with van der Waals surface area (Å²) in [6.07, 6.45) is 6.27. The van der Waals surface area contributed by atoms with E-state index in [4.69, 9.17) is 18.3 Å². The summed E-state index contributed by atoms with van der Waals surface area (Å²) in [6, 6.07) is 4.24. The van der Waals surface area contributed by atoms with Crippen LogP contribution in [-0.4, -0.2) is 27.3 Å². The van der Waals surface area contributed by atoms with Gasteiger partial charge in [-0.3, -0.25) is 0 Å². The second-order valence-electron chi connectivity index (χ2n) is 10.9. The number of ether oxygens (including phenoxy) is 2. The van der Waals surface area contributed by atoms with Crippen LogP contribution in [-0.2, 0) is 28.7 Å². The highest BCUT2D eigenvalue weighted by molar-refractivity contribution is 6.74. The molecular weight excluding hydrogens is 420 g/mol. The van der Waals surface area contributed by atoms with E-state index in [1.54, 1.807) is 0 Å². The van der Waals surface area contributed by atoms with Gasteiger partial charge in [0.1, 0.15) is 11.3 Å². The molecule has 6 heteroatoms. The van der Waals surface area contributed by atoms with Crippen LogP contribution in [0, 0.1) is 0 Å². The highest BCUT2D eigenvalue weighted by Crippen LogP contribution is 2.44. The molecule has 176 valence electrons. The minimum absolute atomic E-state index is 0.0616. The zero-order valence-electron chi connectivity index (χ0n) is 20.6. The molecule has 2 aromatic rings. The molecule has 0 N–H and O–H groups in total. The van der Waals surface area contributed by atoms with Gasteiger partial charge < -0.3 is 18.3 Å². The molecule has 0 amide bonds. The van der Waals surface area contributed by atoms with E-state index < -0.39 is 14.1 Å². The van der Waals surface area contributed by atoms with E-state index in [1.807, 2.05) is 6.07 Å². The summed E-state index contributed by atoms with van der Waals surface area (Å²) in [5, 5.41) is 0.994. The molecule has 0 unspecified atom stereocenters. The molecule has 1 aliphatic carbocycles. The van der Waals surface area contributed by atoms with Gasteiger partial charge in [0.15, 0.2) is 5.79 Å². The first-order valence-corrected chi connectivity index (χ1v) is 15.0. The van der Waals surface area contributed by atoms with Crippen molar-refractivity contribution in [1.29, 1.82) is 0 Å². The van der Waals surface area contributed by atoms with Crippen molar-refractivity contribution < 1.29 is 18.3 Å². The van der Waals surface area contributed by atoms with Crippen molar-refractivity contribution >= 4 is 19.3 Å². The molecule has 2 heterocycles. The summed E-state index contributed by atoms with van der Waals surface area (Å²) in [4.78, 5) is 12.9. The first-order chi connectivity index (χ1) is 15.1. The predicted molar refractivity (Wildman–Crippen MR) is 130 cm³/mol. The Morgan fingerprint density at radius 3 is 2.47 bits per heavy atom. The monoisotopic (exact) mass is 458 g/mol. The maximum Gasteiger partial charge on any atom is 0.339 e. The van der Waals surface area contributed by atoms with Crippen LogP contribution >= 0.6 is 0 Å². The van der Waals surface area contributed by atoms with Crippen molar-refractivity contribution in [3.05, 3.63) is 39.2 Å². The van der Waals surface area contributed by atoms with Crippen LogP contribution in [0.15, 0.2) is 21.3 Å². The number of benzene rings is 1. The van der Waals surface area contributed by atoms with Crippen LogP contribution in [0.3, 0.4) is 0 Å². The van der Waals surface area contributed by atoms with Gasteiger partial charge >= 0.3 is 5.63 Å². The fraction of sp³-hybridized carbons (Fsp3) is 0.654. The number of rotatable bonds is 6. The second kappa shape index (κ2) is 8.62. The van der Waals surface area contributed by atoms with E-state index in [2.05, 4.69) is 46.9 Å². The molecule has 0 saturated carbocycles. The summed E-state index contributed by atoms with van der Waals surface area (Å²) in [6.45, 7) is 14.7. The Morgan fingerprint density at radius 1 is 1.09 bits per heavy atom. The van der Waals surface area contributed by atoms with Crippen LogP contribution in [0.2, 0.25) is 18.1 Å². The van der Waals surface area contributed by atoms with Crippen LogP contribution < -0.4 is 10.1 Å². The topological polar surface area (TPSA) is 57.9 Å². The Balaban J connectivity index is 1.88. The van der Waals surface area contributed by atoms with Gasteiger partial charge in [-0.1, -0.05) is 40.5 Å². The third-order valence-electron chi connectivity index (χ3n) is 7.50. The van der Waals surface area contributed by atoms with Gasteiger partial charge in [-0.2, -0.15) is 0 Å². The average molecular weight is 459 g/mol. The first kappa shape index (κ1) is 23.5. The average Bonchev–Trinajstić information content (AvgIpc) is 3.14. The van der Waals surface area contributed by atoms with E-state index in [0.29, 0.717) is 38.1 Å². The molecular formula is C26H38O5Si. The number of unbranched alkanes of at least 4 members (excludes halogenated alkanes) is 2. The fourth-order valence-corrected chi connectivity index (χ4v) is 5.57. The Hall–Kier alpha value is -1.63. The maximum absolute atomic E-state index is 12.9. The van der Waals surface area contributed by atoms with E-state index in [9.17, 15) is 4.79 Å². The molecule has 0 radical (unpaired) electrons. The smallest absolute Gasteiger partial charge is 0.339 e. The van der Waals surface area contributed by atoms with Crippen LogP contribution in [0.4, 0.5) is 0 Å². The lowest BCUT2D eigenvalue weighted by atomic mass is 9.85. The molecule has 1 fully saturated rings. The number of aryl methyl sites for hydroxylation is 1. The van der Waals surface area contributed by atoms with E-state index in [1.165, 1.54) is 18.4 Å². The van der Waals surface area contributed by atoms with Gasteiger partial charge in [-0.25, -0.2) is 4.79 Å². The van der Waals surface area contributed by atoms with Gasteiger partial charge in [-0.15, -0.1) is 0 Å². The maximum atomic E-state index is 12.9. The molecule has 32 heavy (non-hydrogen) atoms. The lowest BCUT2D eigenvalue weighted by molar-refractivity contribution is -0.163. The highest BCUT2D eigenvalue weighted by Gasteiger charge is 2.43. The summed E-state index contributed by atoms with van der Waals surface area (Å²) in [5.74, 6) is 0.234. The predicted octanol–water partition coefficient (Wildman–Crippen LogP) is 6.14. The highest BCUT2D eigenvalue weighted by atomic mass is 28.4. The quantitative estimate of drug-likeness (QED) is 0.295. The van der Waals surface area contributed by atoms with Crippen LogP contribution in [0.5, 0.6) is 5.75 Å². The second-order valence-corrected chi connectivity index (χ2v) is 15.6. The molecule has 1 aromatic carbocycles. The van der Waals surface area contributed by atoms with E-state index >= 15 is 0 Å². The summed E-state index contributed by atoms with van der Waals surface area (Å²) in [7, 11) is -2.11. The van der Waals surface area contributed by atoms with Crippen molar-refractivity contribution in [2.24, 2.45) is 0 Å². The Kier molecular flexibility index (Phi) is 6.33. The Bertz CT molecular complexity index is 1040. The van der Waals surface area contributed by atoms with Gasteiger partial charge in [0.25, 0.3) is 8.32 Å². The SMILES string of the molecule is CCCCCc1cc(O[Si](C)(C)C(C)(C)C)c2c3c(c(=O)oc2c1)CCC1(C3)OCCO1. The van der Waals surface area contributed by atoms with Crippen molar-refractivity contribution in [3.8, 4) is 5.75 Å². The van der Waals surface area contributed by atoms with E-state index in [0.717, 1.165) is 35.1 Å². The fourth-order valence-electron chi connectivity index (χ4n) is 4.55. The molecule has 4 rings (SSSR count). The molecule has 1 saturated heterocycles. The lowest BCUT2D eigenvalue weighted by Crippen LogP contribution is -2.44. The third-order valence-corrected chi connectivity index (χ3v) is 11.8. The largest absolute Gasteiger partial charge is 0.543 e. The molecule has 0 atom stereocenters. The summed E-state index contributed by atoms with van der Waals surface area (Å²) in [5.41, 5.74) is 3.30.